The second kappa shape index (κ2) is 6.21. The number of hydrogen-bond donors (Lipinski definition) is 1. The van der Waals surface area contributed by atoms with Crippen LogP contribution in [-0.2, 0) is 11.3 Å². The average molecular weight is 249 g/mol. The molecule has 3 nitrogen and oxygen atoms in total. The maximum atomic E-state index is 9.08. The number of aliphatic hydroxyl groups excluding tert-OH is 1. The van der Waals surface area contributed by atoms with Crippen LogP contribution in [0.1, 0.15) is 25.3 Å². The van der Waals surface area contributed by atoms with Crippen LogP contribution in [-0.4, -0.2) is 31.4 Å². The smallest absolute Gasteiger partial charge is 0.0681 e. The monoisotopic (exact) mass is 249 g/mol. The van der Waals surface area contributed by atoms with Gasteiger partial charge in [-0.05, 0) is 43.4 Å². The average Bonchev–Trinajstić information content (AvgIpc) is 3.24. The maximum absolute atomic E-state index is 9.08. The highest BCUT2D eigenvalue weighted by Crippen LogP contribution is 2.36. The lowest BCUT2D eigenvalue weighted by Gasteiger charge is -2.31. The Morgan fingerprint density at radius 1 is 1.33 bits per heavy atom. The number of methoxy groups -OCH3 is 1. The summed E-state index contributed by atoms with van der Waals surface area (Å²) < 4.78 is 5.21. The van der Waals surface area contributed by atoms with Crippen molar-refractivity contribution in [1.82, 2.24) is 0 Å². The molecule has 3 heteroatoms. The first kappa shape index (κ1) is 13.4. The molecule has 1 atom stereocenters. The van der Waals surface area contributed by atoms with Gasteiger partial charge in [0.05, 0.1) is 13.2 Å². The summed E-state index contributed by atoms with van der Waals surface area (Å²) in [6.07, 6.45) is 2.69. The molecule has 0 radical (unpaired) electrons. The molecular formula is C15H23NO2. The third kappa shape index (κ3) is 3.24. The third-order valence-corrected chi connectivity index (χ3v) is 3.78. The summed E-state index contributed by atoms with van der Waals surface area (Å²) in [4.78, 5) is 2.42. The van der Waals surface area contributed by atoms with Gasteiger partial charge in [0.1, 0.15) is 0 Å². The third-order valence-electron chi connectivity index (χ3n) is 3.78. The van der Waals surface area contributed by atoms with Gasteiger partial charge in [-0.15, -0.1) is 0 Å². The quantitative estimate of drug-likeness (QED) is 0.805. The number of rotatable bonds is 7. The second-order valence-electron chi connectivity index (χ2n) is 5.09. The van der Waals surface area contributed by atoms with E-state index in [1.165, 1.54) is 18.5 Å². The molecule has 1 fully saturated rings. The van der Waals surface area contributed by atoms with Crippen LogP contribution in [0.2, 0.25) is 0 Å². The predicted octanol–water partition coefficient (Wildman–Crippen LogP) is 2.43. The molecule has 1 saturated carbocycles. The molecule has 0 aliphatic heterocycles. The van der Waals surface area contributed by atoms with Crippen molar-refractivity contribution in [2.75, 3.05) is 25.2 Å². The molecule has 0 bridgehead atoms. The Balaban J connectivity index is 2.09. The Labute approximate surface area is 109 Å². The molecule has 0 amide bonds. The summed E-state index contributed by atoms with van der Waals surface area (Å²) in [6, 6.07) is 8.75. The maximum Gasteiger partial charge on any atom is 0.0681 e. The summed E-state index contributed by atoms with van der Waals surface area (Å²) in [5.41, 5.74) is 2.19. The first-order chi connectivity index (χ1) is 8.76. The van der Waals surface area contributed by atoms with Gasteiger partial charge in [-0.3, -0.25) is 0 Å². The van der Waals surface area contributed by atoms with Crippen molar-refractivity contribution in [2.24, 2.45) is 5.92 Å². The molecule has 1 aromatic rings. The van der Waals surface area contributed by atoms with Crippen molar-refractivity contribution in [1.29, 1.82) is 0 Å². The van der Waals surface area contributed by atoms with Crippen LogP contribution in [0.25, 0.3) is 0 Å². The minimum atomic E-state index is 0.108. The van der Waals surface area contributed by atoms with Gasteiger partial charge in [0.25, 0.3) is 0 Å². The minimum Gasteiger partial charge on any atom is -0.392 e. The van der Waals surface area contributed by atoms with Crippen molar-refractivity contribution in [2.45, 2.75) is 32.4 Å². The molecule has 0 aromatic heterocycles. The molecule has 1 unspecified atom stereocenters. The molecular weight excluding hydrogens is 226 g/mol. The Bertz CT molecular complexity index is 359. The van der Waals surface area contributed by atoms with E-state index in [4.69, 9.17) is 9.84 Å². The predicted molar refractivity (Wildman–Crippen MR) is 73.8 cm³/mol. The van der Waals surface area contributed by atoms with E-state index in [9.17, 15) is 0 Å². The number of nitrogens with zero attached hydrogens (tertiary/aromatic N) is 1. The van der Waals surface area contributed by atoms with Crippen LogP contribution in [0.3, 0.4) is 0 Å². The van der Waals surface area contributed by atoms with Crippen LogP contribution in [0, 0.1) is 5.92 Å². The van der Waals surface area contributed by atoms with E-state index in [0.29, 0.717) is 6.04 Å². The van der Waals surface area contributed by atoms with E-state index in [2.05, 4.69) is 24.0 Å². The van der Waals surface area contributed by atoms with Crippen LogP contribution in [0.4, 0.5) is 5.69 Å². The number of ether oxygens (including phenoxy) is 1. The van der Waals surface area contributed by atoms with Crippen LogP contribution in [0.15, 0.2) is 24.3 Å². The second-order valence-corrected chi connectivity index (χ2v) is 5.09. The van der Waals surface area contributed by atoms with E-state index in [-0.39, 0.29) is 6.61 Å². The summed E-state index contributed by atoms with van der Waals surface area (Å²) in [5, 5.41) is 9.08. The molecule has 100 valence electrons. The van der Waals surface area contributed by atoms with Gasteiger partial charge in [0.15, 0.2) is 0 Å². The Morgan fingerprint density at radius 2 is 2.00 bits per heavy atom. The van der Waals surface area contributed by atoms with Gasteiger partial charge in [0, 0.05) is 25.4 Å². The summed E-state index contributed by atoms with van der Waals surface area (Å²) >= 11 is 0. The minimum absolute atomic E-state index is 0.108. The van der Waals surface area contributed by atoms with Gasteiger partial charge in [-0.1, -0.05) is 12.1 Å². The van der Waals surface area contributed by atoms with Crippen molar-refractivity contribution in [3.63, 3.8) is 0 Å². The summed E-state index contributed by atoms with van der Waals surface area (Å²) in [6.45, 7) is 4.08. The van der Waals surface area contributed by atoms with Gasteiger partial charge in [-0.25, -0.2) is 0 Å². The highest BCUT2D eigenvalue weighted by Gasteiger charge is 2.31. The van der Waals surface area contributed by atoms with E-state index >= 15 is 0 Å². The first-order valence-corrected chi connectivity index (χ1v) is 6.71. The highest BCUT2D eigenvalue weighted by atomic mass is 16.5. The SMILES string of the molecule is COCCN(c1ccc(CO)cc1)C(C)C1CC1. The Morgan fingerprint density at radius 3 is 2.50 bits per heavy atom. The molecule has 0 heterocycles. The van der Waals surface area contributed by atoms with E-state index in [0.717, 1.165) is 24.6 Å². The fourth-order valence-corrected chi connectivity index (χ4v) is 2.38. The van der Waals surface area contributed by atoms with Gasteiger partial charge in [-0.2, -0.15) is 0 Å². The number of anilines is 1. The molecule has 1 aliphatic rings. The van der Waals surface area contributed by atoms with Crippen LogP contribution in [0.5, 0.6) is 0 Å². The van der Waals surface area contributed by atoms with E-state index < -0.39 is 0 Å². The summed E-state index contributed by atoms with van der Waals surface area (Å²) in [7, 11) is 1.74. The number of hydrogen-bond acceptors (Lipinski definition) is 3. The van der Waals surface area contributed by atoms with Crippen LogP contribution < -0.4 is 4.90 Å². The zero-order valence-electron chi connectivity index (χ0n) is 11.3. The Kier molecular flexibility index (Phi) is 4.61. The van der Waals surface area contributed by atoms with Gasteiger partial charge >= 0.3 is 0 Å². The van der Waals surface area contributed by atoms with Crippen molar-refractivity contribution >= 4 is 5.69 Å². The van der Waals surface area contributed by atoms with Gasteiger partial charge in [0.2, 0.25) is 0 Å². The fraction of sp³-hybridized carbons (Fsp3) is 0.600. The lowest BCUT2D eigenvalue weighted by atomic mass is 10.1. The van der Waals surface area contributed by atoms with Crippen LogP contribution >= 0.6 is 0 Å². The van der Waals surface area contributed by atoms with Crippen molar-refractivity contribution in [3.05, 3.63) is 29.8 Å². The lowest BCUT2D eigenvalue weighted by Crippen LogP contribution is -2.37. The zero-order chi connectivity index (χ0) is 13.0. The number of aliphatic hydroxyl groups is 1. The van der Waals surface area contributed by atoms with Crippen molar-refractivity contribution < 1.29 is 9.84 Å². The molecule has 18 heavy (non-hydrogen) atoms. The zero-order valence-corrected chi connectivity index (χ0v) is 11.3. The Hall–Kier alpha value is -1.06. The van der Waals surface area contributed by atoms with Gasteiger partial charge < -0.3 is 14.7 Å². The molecule has 1 N–H and O–H groups in total. The van der Waals surface area contributed by atoms with Crippen molar-refractivity contribution in [3.8, 4) is 0 Å². The molecule has 1 aliphatic carbocycles. The lowest BCUT2D eigenvalue weighted by molar-refractivity contribution is 0.202. The summed E-state index contributed by atoms with van der Waals surface area (Å²) in [5.74, 6) is 0.833. The molecule has 1 aromatic carbocycles. The highest BCUT2D eigenvalue weighted by molar-refractivity contribution is 5.48. The largest absolute Gasteiger partial charge is 0.392 e. The first-order valence-electron chi connectivity index (χ1n) is 6.71. The topological polar surface area (TPSA) is 32.7 Å². The van der Waals surface area contributed by atoms with E-state index in [1.807, 2.05) is 12.1 Å². The number of benzene rings is 1. The molecule has 0 spiro atoms. The molecule has 2 rings (SSSR count). The standard InChI is InChI=1S/C15H23NO2/c1-12(14-5-6-14)16(9-10-18-2)15-7-3-13(11-17)4-8-15/h3-4,7-8,12,14,17H,5-6,9-11H2,1-2H3. The van der Waals surface area contributed by atoms with E-state index in [1.54, 1.807) is 7.11 Å². The molecule has 0 saturated heterocycles. The normalized spacial score (nSPS) is 16.6. The fourth-order valence-electron chi connectivity index (χ4n) is 2.38.